The first kappa shape index (κ1) is 22.6. The van der Waals surface area contributed by atoms with Gasteiger partial charge in [-0.05, 0) is 32.4 Å². The molecular formula is C22H29N7O4S. The fourth-order valence-electron chi connectivity index (χ4n) is 4.52. The second kappa shape index (κ2) is 8.57. The standard InChI is InChI=1S/C22H29N7O4S/c1-13-8-16-19(24-9-13)29-6-5-28(10-14(29)11-32-16)21-25-15-4-7-34(31)17(15)18(26-21)27-22(2,3)12-33-20(23)30/h8-9,14H,4-7,10-12H2,1-3H3,(H2,23,30)(H,25,26,27)/t14-,34-/m1/s1. The number of anilines is 3. The molecule has 0 spiro atoms. The molecule has 1 fully saturated rings. The van der Waals surface area contributed by atoms with Crippen LogP contribution in [-0.4, -0.2) is 75.4 Å². The number of nitrogens with zero attached hydrogens (tertiary/aromatic N) is 5. The summed E-state index contributed by atoms with van der Waals surface area (Å²) < 4.78 is 23.7. The highest BCUT2D eigenvalue weighted by atomic mass is 32.2. The van der Waals surface area contributed by atoms with E-state index < -0.39 is 22.4 Å². The van der Waals surface area contributed by atoms with Gasteiger partial charge in [0.2, 0.25) is 5.95 Å². The Labute approximate surface area is 200 Å². The molecule has 1 saturated heterocycles. The van der Waals surface area contributed by atoms with Crippen LogP contribution in [0.4, 0.5) is 22.4 Å². The number of carbonyl (C=O) groups excluding carboxylic acids is 1. The van der Waals surface area contributed by atoms with Crippen molar-refractivity contribution in [3.8, 4) is 5.75 Å². The van der Waals surface area contributed by atoms with Crippen LogP contribution in [0, 0.1) is 6.92 Å². The van der Waals surface area contributed by atoms with Crippen molar-refractivity contribution in [1.29, 1.82) is 0 Å². The van der Waals surface area contributed by atoms with Gasteiger partial charge in [-0.3, -0.25) is 4.21 Å². The molecule has 11 nitrogen and oxygen atoms in total. The lowest BCUT2D eigenvalue weighted by Crippen LogP contribution is -2.58. The number of piperazine rings is 1. The lowest BCUT2D eigenvalue weighted by atomic mass is 10.1. The van der Waals surface area contributed by atoms with Crippen molar-refractivity contribution in [2.24, 2.45) is 5.73 Å². The van der Waals surface area contributed by atoms with Crippen molar-refractivity contribution in [1.82, 2.24) is 15.0 Å². The average Bonchev–Trinajstić information content (AvgIpc) is 3.18. The van der Waals surface area contributed by atoms with Gasteiger partial charge in [0.1, 0.15) is 23.9 Å². The molecule has 2 aromatic rings. The molecule has 0 aromatic carbocycles. The van der Waals surface area contributed by atoms with E-state index in [1.54, 1.807) is 0 Å². The minimum atomic E-state index is -1.18. The molecule has 0 saturated carbocycles. The van der Waals surface area contributed by atoms with Crippen molar-refractivity contribution < 1.29 is 18.5 Å². The number of fused-ring (bicyclic) bond motifs is 4. The fourth-order valence-corrected chi connectivity index (χ4v) is 5.83. The summed E-state index contributed by atoms with van der Waals surface area (Å²) in [6, 6.07) is 2.15. The molecule has 1 amide bonds. The number of primary amides is 1. The number of ether oxygens (including phenoxy) is 2. The second-order valence-electron chi connectivity index (χ2n) is 9.50. The zero-order chi connectivity index (χ0) is 24.0. The summed E-state index contributed by atoms with van der Waals surface area (Å²) in [5.74, 6) is 3.33. The zero-order valence-electron chi connectivity index (χ0n) is 19.5. The molecule has 5 rings (SSSR count). The van der Waals surface area contributed by atoms with Crippen molar-refractivity contribution in [3.05, 3.63) is 23.5 Å². The number of hydrogen-bond donors (Lipinski definition) is 2. The molecule has 5 heterocycles. The zero-order valence-corrected chi connectivity index (χ0v) is 20.4. The van der Waals surface area contributed by atoms with Crippen LogP contribution in [0.15, 0.2) is 17.2 Å². The molecule has 2 aromatic heterocycles. The third kappa shape index (κ3) is 4.33. The Bertz CT molecular complexity index is 1160. The summed E-state index contributed by atoms with van der Waals surface area (Å²) in [6.45, 7) is 8.53. The number of nitrogens with two attached hydrogens (primary N) is 1. The third-order valence-electron chi connectivity index (χ3n) is 6.15. The van der Waals surface area contributed by atoms with E-state index in [1.165, 1.54) is 0 Å². The molecule has 12 heteroatoms. The van der Waals surface area contributed by atoms with Crippen LogP contribution in [0.2, 0.25) is 0 Å². The predicted molar refractivity (Wildman–Crippen MR) is 128 cm³/mol. The van der Waals surface area contributed by atoms with Gasteiger partial charge in [-0.1, -0.05) is 0 Å². The van der Waals surface area contributed by atoms with Gasteiger partial charge in [0.05, 0.1) is 28.1 Å². The highest BCUT2D eigenvalue weighted by molar-refractivity contribution is 7.85. The number of nitrogens with one attached hydrogen (secondary N) is 1. The Morgan fingerprint density at radius 3 is 3.00 bits per heavy atom. The molecule has 182 valence electrons. The van der Waals surface area contributed by atoms with E-state index in [9.17, 15) is 9.00 Å². The summed E-state index contributed by atoms with van der Waals surface area (Å²) >= 11 is 0. The summed E-state index contributed by atoms with van der Waals surface area (Å²) in [5.41, 5.74) is 6.33. The van der Waals surface area contributed by atoms with Gasteiger partial charge in [0, 0.05) is 38.0 Å². The molecule has 3 aliphatic rings. The van der Waals surface area contributed by atoms with Crippen molar-refractivity contribution in [2.45, 2.75) is 43.7 Å². The number of hydrogen-bond acceptors (Lipinski definition) is 10. The SMILES string of the molecule is Cc1cnc2c(c1)OC[C@H]1CN(c3nc4c(c(NC(C)(C)COC(N)=O)n3)[S@](=O)CC4)CCN21. The van der Waals surface area contributed by atoms with E-state index in [2.05, 4.69) is 20.1 Å². The molecule has 0 radical (unpaired) electrons. The number of aryl methyl sites for hydroxylation is 2. The minimum absolute atomic E-state index is 0.0487. The van der Waals surface area contributed by atoms with Gasteiger partial charge in [0.15, 0.2) is 11.6 Å². The van der Waals surface area contributed by atoms with E-state index in [-0.39, 0.29) is 12.6 Å². The van der Waals surface area contributed by atoms with Crippen LogP contribution in [0.1, 0.15) is 25.1 Å². The molecule has 0 unspecified atom stereocenters. The summed E-state index contributed by atoms with van der Waals surface area (Å²) in [5, 5.41) is 3.31. The first-order valence-electron chi connectivity index (χ1n) is 11.3. The number of carbonyl (C=O) groups is 1. The van der Waals surface area contributed by atoms with Crippen LogP contribution in [0.5, 0.6) is 5.75 Å². The average molecular weight is 488 g/mol. The Balaban J connectivity index is 1.40. The normalized spacial score (nSPS) is 21.3. The third-order valence-corrected chi connectivity index (χ3v) is 7.61. The van der Waals surface area contributed by atoms with Crippen molar-refractivity contribution in [2.75, 3.05) is 53.7 Å². The minimum Gasteiger partial charge on any atom is -0.487 e. The van der Waals surface area contributed by atoms with Crippen LogP contribution in [0.3, 0.4) is 0 Å². The van der Waals surface area contributed by atoms with E-state index in [0.717, 1.165) is 35.9 Å². The van der Waals surface area contributed by atoms with E-state index in [0.29, 0.717) is 42.0 Å². The topological polar surface area (TPSA) is 136 Å². The van der Waals surface area contributed by atoms with Crippen LogP contribution in [-0.2, 0) is 22.0 Å². The van der Waals surface area contributed by atoms with Gasteiger partial charge in [0.25, 0.3) is 0 Å². The van der Waals surface area contributed by atoms with Gasteiger partial charge in [-0.2, -0.15) is 4.98 Å². The Hall–Kier alpha value is -3.15. The second-order valence-corrected chi connectivity index (χ2v) is 11.0. The summed E-state index contributed by atoms with van der Waals surface area (Å²) in [7, 11) is -1.18. The number of rotatable bonds is 5. The molecule has 2 atom stereocenters. The van der Waals surface area contributed by atoms with Crippen molar-refractivity contribution in [3.63, 3.8) is 0 Å². The quantitative estimate of drug-likeness (QED) is 0.633. The monoisotopic (exact) mass is 487 g/mol. The maximum absolute atomic E-state index is 12.7. The molecule has 0 aliphatic carbocycles. The smallest absolute Gasteiger partial charge is 0.404 e. The predicted octanol–water partition coefficient (Wildman–Crippen LogP) is 1.22. The van der Waals surface area contributed by atoms with E-state index >= 15 is 0 Å². The first-order chi connectivity index (χ1) is 16.2. The molecule has 34 heavy (non-hydrogen) atoms. The first-order valence-corrected chi connectivity index (χ1v) is 12.6. The van der Waals surface area contributed by atoms with E-state index in [4.69, 9.17) is 25.2 Å². The van der Waals surface area contributed by atoms with Crippen LogP contribution >= 0.6 is 0 Å². The van der Waals surface area contributed by atoms with Gasteiger partial charge < -0.3 is 30.3 Å². The van der Waals surface area contributed by atoms with Crippen molar-refractivity contribution >= 4 is 34.5 Å². The molecular weight excluding hydrogens is 458 g/mol. The lowest BCUT2D eigenvalue weighted by Gasteiger charge is -2.44. The van der Waals surface area contributed by atoms with Crippen LogP contribution < -0.4 is 25.6 Å². The fraction of sp³-hybridized carbons (Fsp3) is 0.545. The summed E-state index contributed by atoms with van der Waals surface area (Å²) in [4.78, 5) is 30.3. The van der Waals surface area contributed by atoms with Crippen LogP contribution in [0.25, 0.3) is 0 Å². The van der Waals surface area contributed by atoms with Gasteiger partial charge in [-0.25, -0.2) is 14.8 Å². The van der Waals surface area contributed by atoms with E-state index in [1.807, 2.05) is 33.0 Å². The highest BCUT2D eigenvalue weighted by Crippen LogP contribution is 2.36. The number of aromatic nitrogens is 3. The molecule has 3 aliphatic heterocycles. The van der Waals surface area contributed by atoms with Gasteiger partial charge >= 0.3 is 6.09 Å². The molecule has 3 N–H and O–H groups in total. The summed E-state index contributed by atoms with van der Waals surface area (Å²) in [6.07, 6.45) is 1.65. The Kier molecular flexibility index (Phi) is 5.70. The largest absolute Gasteiger partial charge is 0.487 e. The molecule has 0 bridgehead atoms. The highest BCUT2D eigenvalue weighted by Gasteiger charge is 2.36. The Morgan fingerprint density at radius 2 is 2.21 bits per heavy atom. The number of amides is 1. The maximum atomic E-state index is 12.7. The number of pyridine rings is 1. The lowest BCUT2D eigenvalue weighted by molar-refractivity contribution is 0.138. The maximum Gasteiger partial charge on any atom is 0.404 e. The van der Waals surface area contributed by atoms with Gasteiger partial charge in [-0.15, -0.1) is 0 Å². The Morgan fingerprint density at radius 1 is 1.38 bits per heavy atom.